The lowest BCUT2D eigenvalue weighted by molar-refractivity contribution is -0.121. The van der Waals surface area contributed by atoms with E-state index in [0.29, 0.717) is 25.3 Å². The number of hydrogen-bond acceptors (Lipinski definition) is 4. The highest BCUT2D eigenvalue weighted by Crippen LogP contribution is 2.26. The molecule has 0 unspecified atom stereocenters. The standard InChI is InChI=1S/C17H22BrN3O2.2ClH/c1-12-17(13-4-6-14(18)7-5-13)23-16(21-12)9-8-15(22)20-11-3-10-19-2;;/h4-7,19H,3,8-11H2,1-2H3,(H,20,22);2*1H. The van der Waals surface area contributed by atoms with Gasteiger partial charge >= 0.3 is 0 Å². The normalized spacial score (nSPS) is 9.88. The van der Waals surface area contributed by atoms with Gasteiger partial charge < -0.3 is 15.1 Å². The van der Waals surface area contributed by atoms with E-state index in [-0.39, 0.29) is 30.7 Å². The first-order valence-corrected chi connectivity index (χ1v) is 8.53. The molecule has 25 heavy (non-hydrogen) atoms. The second-order valence-electron chi connectivity index (χ2n) is 5.34. The minimum atomic E-state index is 0. The molecule has 2 rings (SSSR count). The molecule has 1 heterocycles. The summed E-state index contributed by atoms with van der Waals surface area (Å²) >= 11 is 3.42. The summed E-state index contributed by atoms with van der Waals surface area (Å²) in [5.74, 6) is 1.40. The van der Waals surface area contributed by atoms with Gasteiger partial charge in [-0.2, -0.15) is 0 Å². The molecule has 1 aromatic heterocycles. The molecular weight excluding hydrogens is 429 g/mol. The van der Waals surface area contributed by atoms with E-state index in [1.165, 1.54) is 0 Å². The summed E-state index contributed by atoms with van der Waals surface area (Å²) < 4.78 is 6.84. The van der Waals surface area contributed by atoms with Crippen LogP contribution in [-0.4, -0.2) is 31.0 Å². The smallest absolute Gasteiger partial charge is 0.220 e. The number of nitrogens with zero attached hydrogens (tertiary/aromatic N) is 1. The largest absolute Gasteiger partial charge is 0.440 e. The summed E-state index contributed by atoms with van der Waals surface area (Å²) in [7, 11) is 1.90. The van der Waals surface area contributed by atoms with Crippen molar-refractivity contribution in [1.82, 2.24) is 15.6 Å². The van der Waals surface area contributed by atoms with Gasteiger partial charge in [0.1, 0.15) is 0 Å². The zero-order valence-electron chi connectivity index (χ0n) is 14.3. The molecule has 0 radical (unpaired) electrons. The van der Waals surface area contributed by atoms with Crippen LogP contribution in [0.3, 0.4) is 0 Å². The molecule has 8 heteroatoms. The second-order valence-corrected chi connectivity index (χ2v) is 6.25. The highest BCUT2D eigenvalue weighted by Gasteiger charge is 2.13. The van der Waals surface area contributed by atoms with Gasteiger partial charge in [-0.3, -0.25) is 4.79 Å². The topological polar surface area (TPSA) is 67.2 Å². The van der Waals surface area contributed by atoms with E-state index >= 15 is 0 Å². The highest BCUT2D eigenvalue weighted by molar-refractivity contribution is 9.10. The Morgan fingerprint density at radius 2 is 1.88 bits per heavy atom. The molecule has 0 atom stereocenters. The summed E-state index contributed by atoms with van der Waals surface area (Å²) in [5.41, 5.74) is 1.83. The number of benzene rings is 1. The lowest BCUT2D eigenvalue weighted by Crippen LogP contribution is -2.26. The van der Waals surface area contributed by atoms with E-state index in [4.69, 9.17) is 4.42 Å². The predicted octanol–water partition coefficient (Wildman–Crippen LogP) is 3.91. The van der Waals surface area contributed by atoms with Gasteiger partial charge in [0.05, 0.1) is 5.69 Å². The minimum absolute atomic E-state index is 0. The molecule has 0 aliphatic rings. The zero-order valence-corrected chi connectivity index (χ0v) is 17.5. The molecule has 1 amide bonds. The fourth-order valence-electron chi connectivity index (χ4n) is 2.23. The highest BCUT2D eigenvalue weighted by atomic mass is 79.9. The molecule has 0 bridgehead atoms. The third-order valence-corrected chi connectivity index (χ3v) is 3.97. The lowest BCUT2D eigenvalue weighted by atomic mass is 10.1. The predicted molar refractivity (Wildman–Crippen MR) is 109 cm³/mol. The summed E-state index contributed by atoms with van der Waals surface area (Å²) in [4.78, 5) is 16.2. The van der Waals surface area contributed by atoms with Gasteiger partial charge in [-0.05, 0) is 39.1 Å². The molecule has 0 saturated carbocycles. The van der Waals surface area contributed by atoms with Crippen molar-refractivity contribution >= 4 is 46.7 Å². The number of aryl methyl sites for hydroxylation is 2. The zero-order chi connectivity index (χ0) is 16.7. The summed E-state index contributed by atoms with van der Waals surface area (Å²) in [6.45, 7) is 3.51. The number of carbonyl (C=O) groups excluding carboxylic acids is 1. The molecule has 0 fully saturated rings. The van der Waals surface area contributed by atoms with Crippen LogP contribution in [-0.2, 0) is 11.2 Å². The Bertz CT molecular complexity index is 648. The third kappa shape index (κ3) is 7.77. The van der Waals surface area contributed by atoms with Crippen molar-refractivity contribution in [1.29, 1.82) is 0 Å². The van der Waals surface area contributed by atoms with Crippen LogP contribution in [0.4, 0.5) is 0 Å². The van der Waals surface area contributed by atoms with E-state index in [0.717, 1.165) is 34.5 Å². The van der Waals surface area contributed by atoms with Crippen LogP contribution in [0.15, 0.2) is 33.2 Å². The average Bonchev–Trinajstić information content (AvgIpc) is 2.91. The van der Waals surface area contributed by atoms with Crippen molar-refractivity contribution in [2.24, 2.45) is 0 Å². The summed E-state index contributed by atoms with van der Waals surface area (Å²) in [6.07, 6.45) is 1.82. The maximum absolute atomic E-state index is 11.8. The number of oxazole rings is 1. The van der Waals surface area contributed by atoms with Gasteiger partial charge in [-0.15, -0.1) is 24.8 Å². The van der Waals surface area contributed by atoms with Crippen LogP contribution in [0.2, 0.25) is 0 Å². The number of amides is 1. The molecule has 1 aromatic carbocycles. The van der Waals surface area contributed by atoms with E-state index in [9.17, 15) is 4.79 Å². The Hall–Kier alpha value is -1.08. The molecule has 0 saturated heterocycles. The molecule has 2 N–H and O–H groups in total. The fourth-order valence-corrected chi connectivity index (χ4v) is 2.49. The number of hydrogen-bond donors (Lipinski definition) is 2. The molecule has 0 aliphatic heterocycles. The number of nitrogens with one attached hydrogen (secondary N) is 2. The number of aromatic nitrogens is 1. The van der Waals surface area contributed by atoms with Crippen molar-refractivity contribution in [3.8, 4) is 11.3 Å². The summed E-state index contributed by atoms with van der Waals surface area (Å²) in [6, 6.07) is 7.90. The Kier molecular flexibility index (Phi) is 11.8. The van der Waals surface area contributed by atoms with Crippen molar-refractivity contribution in [3.63, 3.8) is 0 Å². The third-order valence-electron chi connectivity index (χ3n) is 3.44. The maximum atomic E-state index is 11.8. The quantitative estimate of drug-likeness (QED) is 0.595. The molecule has 0 aliphatic carbocycles. The van der Waals surface area contributed by atoms with E-state index in [2.05, 4.69) is 31.5 Å². The first kappa shape index (κ1) is 23.9. The molecule has 2 aromatic rings. The van der Waals surface area contributed by atoms with Gasteiger partial charge in [0.25, 0.3) is 0 Å². The lowest BCUT2D eigenvalue weighted by Gasteiger charge is -2.03. The van der Waals surface area contributed by atoms with Crippen LogP contribution >= 0.6 is 40.7 Å². The Balaban J connectivity index is 0.00000288. The fraction of sp³-hybridized carbons (Fsp3) is 0.412. The van der Waals surface area contributed by atoms with Crippen molar-refractivity contribution in [2.75, 3.05) is 20.1 Å². The van der Waals surface area contributed by atoms with E-state index < -0.39 is 0 Å². The first-order chi connectivity index (χ1) is 11.1. The van der Waals surface area contributed by atoms with Gasteiger partial charge in [0, 0.05) is 29.4 Å². The Labute approximate surface area is 169 Å². The number of rotatable bonds is 8. The van der Waals surface area contributed by atoms with Crippen LogP contribution in [0.25, 0.3) is 11.3 Å². The Morgan fingerprint density at radius 3 is 2.52 bits per heavy atom. The monoisotopic (exact) mass is 451 g/mol. The van der Waals surface area contributed by atoms with Crippen molar-refractivity contribution < 1.29 is 9.21 Å². The van der Waals surface area contributed by atoms with Gasteiger partial charge in [0.2, 0.25) is 5.91 Å². The molecule has 5 nitrogen and oxygen atoms in total. The van der Waals surface area contributed by atoms with Crippen LogP contribution in [0.5, 0.6) is 0 Å². The molecule has 0 spiro atoms. The van der Waals surface area contributed by atoms with Gasteiger partial charge in [-0.25, -0.2) is 4.98 Å². The van der Waals surface area contributed by atoms with E-state index in [1.807, 2.05) is 38.2 Å². The number of carbonyl (C=O) groups is 1. The summed E-state index contributed by atoms with van der Waals surface area (Å²) in [5, 5.41) is 5.94. The number of halogens is 3. The van der Waals surface area contributed by atoms with Crippen LogP contribution in [0, 0.1) is 6.92 Å². The second kappa shape index (κ2) is 12.3. The molecular formula is C17H24BrCl2N3O2. The maximum Gasteiger partial charge on any atom is 0.220 e. The Morgan fingerprint density at radius 1 is 1.20 bits per heavy atom. The van der Waals surface area contributed by atoms with Crippen LogP contribution < -0.4 is 10.6 Å². The van der Waals surface area contributed by atoms with Gasteiger partial charge in [0.15, 0.2) is 11.7 Å². The molecule has 140 valence electrons. The first-order valence-electron chi connectivity index (χ1n) is 7.73. The minimum Gasteiger partial charge on any atom is -0.440 e. The van der Waals surface area contributed by atoms with E-state index in [1.54, 1.807) is 0 Å². The van der Waals surface area contributed by atoms with Crippen molar-refractivity contribution in [3.05, 3.63) is 40.3 Å². The average molecular weight is 453 g/mol. The van der Waals surface area contributed by atoms with Gasteiger partial charge in [-0.1, -0.05) is 28.1 Å². The SMILES string of the molecule is CNCCCNC(=O)CCc1nc(C)c(-c2ccc(Br)cc2)o1.Cl.Cl. The van der Waals surface area contributed by atoms with Crippen molar-refractivity contribution in [2.45, 2.75) is 26.2 Å². The van der Waals surface area contributed by atoms with Crippen LogP contribution in [0.1, 0.15) is 24.4 Å².